The fourth-order valence-electron chi connectivity index (χ4n) is 1.58. The molecule has 1 aromatic carbocycles. The first-order valence-corrected chi connectivity index (χ1v) is 6.03. The summed E-state index contributed by atoms with van der Waals surface area (Å²) in [6.07, 6.45) is 2.16. The van der Waals surface area contributed by atoms with E-state index in [1.165, 1.54) is 11.3 Å². The maximum absolute atomic E-state index is 8.65. The molecule has 3 nitrogen and oxygen atoms in total. The van der Waals surface area contributed by atoms with E-state index in [4.69, 9.17) is 10.00 Å². The Labute approximate surface area is 104 Å². The fraction of sp³-hybridized carbons (Fsp3) is 0.231. The largest absolute Gasteiger partial charge is 0.496 e. The smallest absolute Gasteiger partial charge is 0.129 e. The first-order valence-electron chi connectivity index (χ1n) is 5.21. The molecule has 2 aromatic rings. The second kappa shape index (κ2) is 4.98. The molecule has 4 heteroatoms. The summed E-state index contributed by atoms with van der Waals surface area (Å²) in [7, 11) is 1.65. The van der Waals surface area contributed by atoms with E-state index in [0.717, 1.165) is 26.8 Å². The van der Waals surface area contributed by atoms with Crippen LogP contribution in [0.5, 0.6) is 5.75 Å². The highest BCUT2D eigenvalue weighted by molar-refractivity contribution is 7.15. The van der Waals surface area contributed by atoms with Gasteiger partial charge in [0.15, 0.2) is 0 Å². The summed E-state index contributed by atoms with van der Waals surface area (Å²) in [6.45, 7) is 2.03. The topological polar surface area (TPSA) is 45.9 Å². The zero-order chi connectivity index (χ0) is 12.3. The number of benzene rings is 1. The molecule has 0 spiro atoms. The minimum atomic E-state index is 0.409. The first kappa shape index (κ1) is 11.6. The quantitative estimate of drug-likeness (QED) is 0.833. The van der Waals surface area contributed by atoms with Crippen molar-refractivity contribution in [2.75, 3.05) is 7.11 Å². The number of methoxy groups -OCH3 is 1. The Morgan fingerprint density at radius 3 is 3.00 bits per heavy atom. The number of hydrogen-bond donors (Lipinski definition) is 0. The van der Waals surface area contributed by atoms with Crippen molar-refractivity contribution in [1.29, 1.82) is 5.26 Å². The molecular weight excluding hydrogens is 232 g/mol. The first-order chi connectivity index (χ1) is 8.24. The molecule has 0 radical (unpaired) electrons. The highest BCUT2D eigenvalue weighted by atomic mass is 32.1. The third-order valence-electron chi connectivity index (χ3n) is 2.39. The van der Waals surface area contributed by atoms with Crippen LogP contribution in [0.3, 0.4) is 0 Å². The molecule has 86 valence electrons. The predicted octanol–water partition coefficient (Wildman–Crippen LogP) is 3.19. The number of aromatic nitrogens is 1. The number of rotatable bonds is 3. The van der Waals surface area contributed by atoms with Crippen LogP contribution in [0.1, 0.15) is 10.4 Å². The van der Waals surface area contributed by atoms with Gasteiger partial charge in [0.2, 0.25) is 0 Å². The zero-order valence-corrected chi connectivity index (χ0v) is 10.5. The van der Waals surface area contributed by atoms with E-state index >= 15 is 0 Å². The molecule has 0 N–H and O–H groups in total. The van der Waals surface area contributed by atoms with Gasteiger partial charge in [-0.2, -0.15) is 5.26 Å². The summed E-state index contributed by atoms with van der Waals surface area (Å²) in [5, 5.41) is 9.55. The maximum Gasteiger partial charge on any atom is 0.129 e. The Balaban J connectivity index is 2.44. The highest BCUT2D eigenvalue weighted by Crippen LogP contribution is 2.33. The molecule has 0 aliphatic heterocycles. The van der Waals surface area contributed by atoms with E-state index in [1.807, 2.05) is 25.1 Å². The number of aryl methyl sites for hydroxylation is 1. The second-order valence-corrected chi connectivity index (χ2v) is 4.79. The Morgan fingerprint density at radius 2 is 2.29 bits per heavy atom. The summed E-state index contributed by atoms with van der Waals surface area (Å²) in [5.41, 5.74) is 2.15. The molecule has 0 fully saturated rings. The minimum absolute atomic E-state index is 0.409. The average molecular weight is 244 g/mol. The maximum atomic E-state index is 8.65. The van der Waals surface area contributed by atoms with E-state index < -0.39 is 0 Å². The average Bonchev–Trinajstić information content (AvgIpc) is 2.78. The monoisotopic (exact) mass is 244 g/mol. The van der Waals surface area contributed by atoms with E-state index in [0.29, 0.717) is 6.42 Å². The van der Waals surface area contributed by atoms with Crippen LogP contribution >= 0.6 is 11.3 Å². The van der Waals surface area contributed by atoms with Crippen molar-refractivity contribution in [3.8, 4) is 22.4 Å². The van der Waals surface area contributed by atoms with E-state index in [9.17, 15) is 0 Å². The number of nitriles is 1. The third-order valence-corrected chi connectivity index (χ3v) is 3.42. The van der Waals surface area contributed by atoms with Crippen molar-refractivity contribution in [2.45, 2.75) is 13.3 Å². The summed E-state index contributed by atoms with van der Waals surface area (Å²) in [6, 6.07) is 8.12. The van der Waals surface area contributed by atoms with Gasteiger partial charge in [-0.3, -0.25) is 0 Å². The van der Waals surface area contributed by atoms with E-state index in [2.05, 4.69) is 11.1 Å². The van der Waals surface area contributed by atoms with Crippen LogP contribution in [0.4, 0.5) is 0 Å². The Hall–Kier alpha value is -1.86. The van der Waals surface area contributed by atoms with Gasteiger partial charge in [0, 0.05) is 11.1 Å². The lowest BCUT2D eigenvalue weighted by Crippen LogP contribution is -1.88. The summed E-state index contributed by atoms with van der Waals surface area (Å²) in [4.78, 5) is 5.32. The van der Waals surface area contributed by atoms with Crippen molar-refractivity contribution in [2.24, 2.45) is 0 Å². The van der Waals surface area contributed by atoms with Crippen molar-refractivity contribution in [3.63, 3.8) is 0 Å². The standard InChI is InChI=1S/C13H12N2OS/c1-9-3-4-12(16-2)11(7-9)13-15-8-10(17-13)5-6-14/h3-4,7-8H,5H2,1-2H3. The molecule has 0 saturated heterocycles. The second-order valence-electron chi connectivity index (χ2n) is 3.67. The molecule has 0 amide bonds. The lowest BCUT2D eigenvalue weighted by Gasteiger charge is -2.06. The lowest BCUT2D eigenvalue weighted by molar-refractivity contribution is 0.416. The third kappa shape index (κ3) is 2.45. The number of ether oxygens (including phenoxy) is 1. The summed E-state index contributed by atoms with van der Waals surface area (Å²) in [5.74, 6) is 0.813. The molecule has 17 heavy (non-hydrogen) atoms. The molecule has 0 aliphatic carbocycles. The van der Waals surface area contributed by atoms with Gasteiger partial charge in [-0.25, -0.2) is 4.98 Å². The number of hydrogen-bond acceptors (Lipinski definition) is 4. The molecule has 0 atom stereocenters. The van der Waals surface area contributed by atoms with Crippen LogP contribution in [-0.4, -0.2) is 12.1 Å². The molecule has 1 aromatic heterocycles. The molecule has 2 rings (SSSR count). The van der Waals surface area contributed by atoms with Gasteiger partial charge in [0.1, 0.15) is 10.8 Å². The fourth-order valence-corrected chi connectivity index (χ4v) is 2.45. The van der Waals surface area contributed by atoms with Crippen LogP contribution in [0, 0.1) is 18.3 Å². The summed E-state index contributed by atoms with van der Waals surface area (Å²) < 4.78 is 5.33. The van der Waals surface area contributed by atoms with E-state index in [-0.39, 0.29) is 0 Å². The van der Waals surface area contributed by atoms with Gasteiger partial charge in [-0.05, 0) is 19.1 Å². The highest BCUT2D eigenvalue weighted by Gasteiger charge is 2.10. The molecule has 1 heterocycles. The van der Waals surface area contributed by atoms with Crippen LogP contribution in [0.15, 0.2) is 24.4 Å². The van der Waals surface area contributed by atoms with Gasteiger partial charge in [-0.15, -0.1) is 11.3 Å². The van der Waals surface area contributed by atoms with Crippen molar-refractivity contribution < 1.29 is 4.74 Å². The molecular formula is C13H12N2OS. The van der Waals surface area contributed by atoms with Crippen LogP contribution < -0.4 is 4.74 Å². The van der Waals surface area contributed by atoms with Gasteiger partial charge < -0.3 is 4.74 Å². The van der Waals surface area contributed by atoms with Crippen LogP contribution in [0.2, 0.25) is 0 Å². The molecule has 0 saturated carbocycles. The van der Waals surface area contributed by atoms with Crippen LogP contribution in [-0.2, 0) is 6.42 Å². The predicted molar refractivity (Wildman–Crippen MR) is 68.2 cm³/mol. The van der Waals surface area contributed by atoms with Crippen molar-refractivity contribution in [3.05, 3.63) is 34.8 Å². The minimum Gasteiger partial charge on any atom is -0.496 e. The summed E-state index contributed by atoms with van der Waals surface area (Å²) >= 11 is 1.54. The Bertz CT molecular complexity index is 569. The zero-order valence-electron chi connectivity index (χ0n) is 9.73. The lowest BCUT2D eigenvalue weighted by atomic mass is 10.1. The number of nitrogens with zero attached hydrogens (tertiary/aromatic N) is 2. The molecule has 0 unspecified atom stereocenters. The Morgan fingerprint density at radius 1 is 1.47 bits per heavy atom. The molecule has 0 aliphatic rings. The Kier molecular flexibility index (Phi) is 3.40. The van der Waals surface area contributed by atoms with Gasteiger partial charge in [-0.1, -0.05) is 11.6 Å². The molecule has 0 bridgehead atoms. The van der Waals surface area contributed by atoms with Gasteiger partial charge in [0.25, 0.3) is 0 Å². The SMILES string of the molecule is COc1ccc(C)cc1-c1ncc(CC#N)s1. The van der Waals surface area contributed by atoms with E-state index in [1.54, 1.807) is 13.3 Å². The van der Waals surface area contributed by atoms with Crippen LogP contribution in [0.25, 0.3) is 10.6 Å². The van der Waals surface area contributed by atoms with Gasteiger partial charge in [0.05, 0.1) is 25.2 Å². The number of thiazole rings is 1. The van der Waals surface area contributed by atoms with Gasteiger partial charge >= 0.3 is 0 Å². The van der Waals surface area contributed by atoms with Crippen molar-refractivity contribution in [1.82, 2.24) is 4.98 Å². The normalized spacial score (nSPS) is 9.94. The van der Waals surface area contributed by atoms with Crippen molar-refractivity contribution >= 4 is 11.3 Å².